The molecule has 0 aromatic carbocycles. The summed E-state index contributed by atoms with van der Waals surface area (Å²) in [5, 5.41) is 9.61. The van der Waals surface area contributed by atoms with E-state index < -0.39 is 0 Å². The van der Waals surface area contributed by atoms with Crippen molar-refractivity contribution in [2.24, 2.45) is 5.92 Å². The zero-order valence-corrected chi connectivity index (χ0v) is 8.46. The van der Waals surface area contributed by atoms with Crippen LogP contribution >= 0.6 is 0 Å². The Kier molecular flexibility index (Phi) is 2.61. The Morgan fingerprint density at radius 1 is 1.38 bits per heavy atom. The highest BCUT2D eigenvalue weighted by Crippen LogP contribution is 2.44. The minimum atomic E-state index is -0.107. The summed E-state index contributed by atoms with van der Waals surface area (Å²) in [5.74, 6) is 0.838. The van der Waals surface area contributed by atoms with Gasteiger partial charge in [-0.2, -0.15) is 0 Å². The second kappa shape index (κ2) is 3.58. The number of hydrogen-bond acceptors (Lipinski definition) is 2. The Balaban J connectivity index is 1.97. The van der Waals surface area contributed by atoms with E-state index in [1.165, 1.54) is 25.7 Å². The Bertz CT molecular complexity index is 181. The van der Waals surface area contributed by atoms with Crippen LogP contribution in [0.1, 0.15) is 45.4 Å². The molecule has 2 aliphatic rings. The van der Waals surface area contributed by atoms with Gasteiger partial charge in [-0.1, -0.05) is 13.3 Å². The molecule has 2 rings (SSSR count). The van der Waals surface area contributed by atoms with Crippen LogP contribution in [0.5, 0.6) is 0 Å². The first-order valence-electron chi connectivity index (χ1n) is 5.56. The van der Waals surface area contributed by atoms with Gasteiger partial charge in [0.1, 0.15) is 0 Å². The lowest BCUT2D eigenvalue weighted by molar-refractivity contribution is -0.115. The van der Waals surface area contributed by atoms with Crippen LogP contribution in [0.15, 0.2) is 0 Å². The first kappa shape index (κ1) is 9.47. The van der Waals surface area contributed by atoms with Gasteiger partial charge in [-0.25, -0.2) is 0 Å². The average Bonchev–Trinajstić information content (AvgIpc) is 2.48. The van der Waals surface area contributed by atoms with E-state index >= 15 is 0 Å². The fourth-order valence-electron chi connectivity index (χ4n) is 2.86. The smallest absolute Gasteiger partial charge is 0.0709 e. The fraction of sp³-hybridized carbons (Fsp3) is 1.00. The van der Waals surface area contributed by atoms with E-state index in [1.54, 1.807) is 0 Å². The SMILES string of the molecule is CCC1CCC2(CC(O)CCO2)C1. The van der Waals surface area contributed by atoms with Crippen LogP contribution in [0.25, 0.3) is 0 Å². The normalized spacial score (nSPS) is 45.7. The molecule has 1 aliphatic heterocycles. The molecule has 1 heterocycles. The molecule has 0 aromatic heterocycles. The Hall–Kier alpha value is -0.0800. The van der Waals surface area contributed by atoms with Crippen molar-refractivity contribution in [3.8, 4) is 0 Å². The molecule has 0 amide bonds. The molecule has 1 aliphatic carbocycles. The van der Waals surface area contributed by atoms with Gasteiger partial charge in [-0.05, 0) is 31.6 Å². The van der Waals surface area contributed by atoms with Gasteiger partial charge in [-0.15, -0.1) is 0 Å². The zero-order chi connectivity index (χ0) is 9.31. The number of aliphatic hydroxyl groups excluding tert-OH is 1. The Morgan fingerprint density at radius 3 is 2.85 bits per heavy atom. The summed E-state index contributed by atoms with van der Waals surface area (Å²) in [7, 11) is 0. The summed E-state index contributed by atoms with van der Waals surface area (Å²) in [5.41, 5.74) is 0.0678. The van der Waals surface area contributed by atoms with Crippen molar-refractivity contribution < 1.29 is 9.84 Å². The molecular formula is C11H20O2. The average molecular weight is 184 g/mol. The molecular weight excluding hydrogens is 164 g/mol. The van der Waals surface area contributed by atoms with Gasteiger partial charge in [0.15, 0.2) is 0 Å². The minimum Gasteiger partial charge on any atom is -0.393 e. The molecule has 0 radical (unpaired) electrons. The highest BCUT2D eigenvalue weighted by molar-refractivity contribution is 4.94. The van der Waals surface area contributed by atoms with Crippen molar-refractivity contribution in [3.63, 3.8) is 0 Å². The maximum Gasteiger partial charge on any atom is 0.0709 e. The van der Waals surface area contributed by atoms with Gasteiger partial charge in [0, 0.05) is 13.0 Å². The van der Waals surface area contributed by atoms with Crippen molar-refractivity contribution in [3.05, 3.63) is 0 Å². The van der Waals surface area contributed by atoms with Gasteiger partial charge in [-0.3, -0.25) is 0 Å². The van der Waals surface area contributed by atoms with E-state index in [4.69, 9.17) is 4.74 Å². The van der Waals surface area contributed by atoms with E-state index in [-0.39, 0.29) is 11.7 Å². The zero-order valence-electron chi connectivity index (χ0n) is 8.46. The molecule has 2 fully saturated rings. The predicted molar refractivity (Wildman–Crippen MR) is 51.6 cm³/mol. The maximum atomic E-state index is 9.61. The van der Waals surface area contributed by atoms with Crippen molar-refractivity contribution >= 4 is 0 Å². The van der Waals surface area contributed by atoms with E-state index in [2.05, 4.69) is 6.92 Å². The van der Waals surface area contributed by atoms with E-state index in [0.717, 1.165) is 25.4 Å². The monoisotopic (exact) mass is 184 g/mol. The molecule has 2 nitrogen and oxygen atoms in total. The lowest BCUT2D eigenvalue weighted by atomic mass is 9.89. The van der Waals surface area contributed by atoms with E-state index in [0.29, 0.717) is 0 Å². The van der Waals surface area contributed by atoms with Crippen LogP contribution < -0.4 is 0 Å². The molecule has 1 saturated heterocycles. The number of aliphatic hydroxyl groups is 1. The van der Waals surface area contributed by atoms with Crippen molar-refractivity contribution in [1.82, 2.24) is 0 Å². The number of hydrogen-bond donors (Lipinski definition) is 1. The Labute approximate surface area is 80.3 Å². The summed E-state index contributed by atoms with van der Waals surface area (Å²) >= 11 is 0. The van der Waals surface area contributed by atoms with Crippen molar-refractivity contribution in [2.45, 2.75) is 57.2 Å². The molecule has 76 valence electrons. The summed E-state index contributed by atoms with van der Waals surface area (Å²) < 4.78 is 5.87. The lowest BCUT2D eigenvalue weighted by Crippen LogP contribution is -2.39. The summed E-state index contributed by atoms with van der Waals surface area (Å²) in [4.78, 5) is 0. The van der Waals surface area contributed by atoms with Gasteiger partial charge in [0.05, 0.1) is 11.7 Å². The summed E-state index contributed by atoms with van der Waals surface area (Å²) in [6.45, 7) is 3.01. The third-order valence-electron chi connectivity index (χ3n) is 3.71. The minimum absolute atomic E-state index is 0.0678. The first-order valence-corrected chi connectivity index (χ1v) is 5.56. The largest absolute Gasteiger partial charge is 0.393 e. The van der Waals surface area contributed by atoms with Crippen LogP contribution in [-0.4, -0.2) is 23.4 Å². The molecule has 3 atom stereocenters. The highest BCUT2D eigenvalue weighted by Gasteiger charge is 2.42. The fourth-order valence-corrected chi connectivity index (χ4v) is 2.86. The molecule has 3 unspecified atom stereocenters. The Morgan fingerprint density at radius 2 is 2.23 bits per heavy atom. The molecule has 2 heteroatoms. The summed E-state index contributed by atoms with van der Waals surface area (Å²) in [6.07, 6.45) is 6.51. The lowest BCUT2D eigenvalue weighted by Gasteiger charge is -2.36. The quantitative estimate of drug-likeness (QED) is 0.676. The van der Waals surface area contributed by atoms with E-state index in [1.807, 2.05) is 0 Å². The molecule has 0 aromatic rings. The van der Waals surface area contributed by atoms with Crippen LogP contribution in [0, 0.1) is 5.92 Å². The predicted octanol–water partition coefficient (Wildman–Crippen LogP) is 2.11. The van der Waals surface area contributed by atoms with Crippen molar-refractivity contribution in [2.75, 3.05) is 6.61 Å². The van der Waals surface area contributed by atoms with Crippen LogP contribution in [0.3, 0.4) is 0 Å². The molecule has 13 heavy (non-hydrogen) atoms. The summed E-state index contributed by atoms with van der Waals surface area (Å²) in [6, 6.07) is 0. The van der Waals surface area contributed by atoms with Crippen LogP contribution in [-0.2, 0) is 4.74 Å². The second-order valence-corrected chi connectivity index (χ2v) is 4.70. The second-order valence-electron chi connectivity index (χ2n) is 4.70. The highest BCUT2D eigenvalue weighted by atomic mass is 16.5. The maximum absolute atomic E-state index is 9.61. The molecule has 1 N–H and O–H groups in total. The van der Waals surface area contributed by atoms with Crippen LogP contribution in [0.2, 0.25) is 0 Å². The van der Waals surface area contributed by atoms with Gasteiger partial charge < -0.3 is 9.84 Å². The topological polar surface area (TPSA) is 29.5 Å². The standard InChI is InChI=1S/C11H20O2/c1-2-9-3-5-11(7-9)8-10(12)4-6-13-11/h9-10,12H,2-8H2,1H3. The van der Waals surface area contributed by atoms with Gasteiger partial charge >= 0.3 is 0 Å². The van der Waals surface area contributed by atoms with Gasteiger partial charge in [0.2, 0.25) is 0 Å². The first-order chi connectivity index (χ1) is 6.24. The molecule has 0 bridgehead atoms. The number of ether oxygens (including phenoxy) is 1. The van der Waals surface area contributed by atoms with E-state index in [9.17, 15) is 5.11 Å². The third-order valence-corrected chi connectivity index (χ3v) is 3.71. The van der Waals surface area contributed by atoms with Gasteiger partial charge in [0.25, 0.3) is 0 Å². The molecule has 1 spiro atoms. The number of rotatable bonds is 1. The third kappa shape index (κ3) is 1.89. The van der Waals surface area contributed by atoms with Crippen LogP contribution in [0.4, 0.5) is 0 Å². The van der Waals surface area contributed by atoms with Crippen molar-refractivity contribution in [1.29, 1.82) is 0 Å². The molecule has 1 saturated carbocycles.